The van der Waals surface area contributed by atoms with Crippen LogP contribution in [0.5, 0.6) is 0 Å². The van der Waals surface area contributed by atoms with Crippen LogP contribution in [0.15, 0.2) is 91.6 Å². The van der Waals surface area contributed by atoms with Crippen molar-refractivity contribution in [3.63, 3.8) is 0 Å². The Morgan fingerprint density at radius 3 is 2.58 bits per heavy atom. The van der Waals surface area contributed by atoms with Gasteiger partial charge in [0.25, 0.3) is 0 Å². The van der Waals surface area contributed by atoms with Crippen LogP contribution in [-0.4, -0.2) is 28.8 Å². The summed E-state index contributed by atoms with van der Waals surface area (Å²) in [5.41, 5.74) is 6.64. The number of nitrogens with zero attached hydrogens (tertiary/aromatic N) is 3. The van der Waals surface area contributed by atoms with Crippen molar-refractivity contribution in [2.24, 2.45) is 0 Å². The van der Waals surface area contributed by atoms with Crippen LogP contribution in [0, 0.1) is 0 Å². The van der Waals surface area contributed by atoms with Crippen LogP contribution < -0.4 is 10.2 Å². The normalized spacial score (nSPS) is 13.2. The minimum atomic E-state index is -0.0404. The standard InChI is InChI=1S/C32H31ClN4O/c1-2-28(38)19-24-14-15-30(33)29(20-24)31-25(18-23-10-5-3-6-11-23)22-34-32(36-31)35-26-12-9-13-27(21-26)37-16-7-4-8-17-37/h2-3,5-6,9-15,20-22H,1,4,7-8,16-19H2,(H,34,35,36). The number of allylic oxidation sites excluding steroid dienone is 1. The Morgan fingerprint density at radius 2 is 1.79 bits per heavy atom. The summed E-state index contributed by atoms with van der Waals surface area (Å²) in [5, 5.41) is 3.98. The molecule has 1 aromatic heterocycles. The largest absolute Gasteiger partial charge is 0.371 e. The fourth-order valence-electron chi connectivity index (χ4n) is 4.84. The maximum atomic E-state index is 12.0. The summed E-state index contributed by atoms with van der Waals surface area (Å²) in [6.45, 7) is 5.77. The van der Waals surface area contributed by atoms with Gasteiger partial charge in [0.15, 0.2) is 5.78 Å². The van der Waals surface area contributed by atoms with Gasteiger partial charge in [-0.05, 0) is 66.8 Å². The fourth-order valence-corrected chi connectivity index (χ4v) is 5.05. The molecule has 1 N–H and O–H groups in total. The van der Waals surface area contributed by atoms with Crippen molar-refractivity contribution >= 4 is 34.7 Å². The van der Waals surface area contributed by atoms with Gasteiger partial charge in [-0.25, -0.2) is 9.97 Å². The zero-order valence-electron chi connectivity index (χ0n) is 21.4. The average Bonchev–Trinajstić information content (AvgIpc) is 2.96. The van der Waals surface area contributed by atoms with E-state index in [2.05, 4.69) is 52.1 Å². The Bertz CT molecular complexity index is 1430. The van der Waals surface area contributed by atoms with E-state index in [-0.39, 0.29) is 12.2 Å². The van der Waals surface area contributed by atoms with Crippen LogP contribution in [0.3, 0.4) is 0 Å². The van der Waals surface area contributed by atoms with Crippen LogP contribution in [-0.2, 0) is 17.6 Å². The first-order valence-corrected chi connectivity index (χ1v) is 13.4. The number of hydrogen-bond acceptors (Lipinski definition) is 5. The van der Waals surface area contributed by atoms with Gasteiger partial charge in [0.2, 0.25) is 5.95 Å². The number of piperidine rings is 1. The van der Waals surface area contributed by atoms with Crippen molar-refractivity contribution in [1.82, 2.24) is 9.97 Å². The molecule has 5 rings (SSSR count). The number of carbonyl (C=O) groups excluding carboxylic acids is 1. The Balaban J connectivity index is 1.50. The molecule has 0 amide bonds. The maximum Gasteiger partial charge on any atom is 0.227 e. The summed E-state index contributed by atoms with van der Waals surface area (Å²) in [4.78, 5) is 24.1. The van der Waals surface area contributed by atoms with Crippen molar-refractivity contribution in [2.45, 2.75) is 32.1 Å². The molecule has 0 radical (unpaired) electrons. The predicted molar refractivity (Wildman–Crippen MR) is 156 cm³/mol. The van der Waals surface area contributed by atoms with Gasteiger partial charge in [-0.2, -0.15) is 0 Å². The number of carbonyl (C=O) groups is 1. The second-order valence-corrected chi connectivity index (χ2v) is 10.0. The van der Waals surface area contributed by atoms with E-state index in [1.165, 1.54) is 31.0 Å². The van der Waals surface area contributed by atoms with Gasteiger partial charge in [-0.1, -0.05) is 60.6 Å². The first-order valence-electron chi connectivity index (χ1n) is 13.0. The van der Waals surface area contributed by atoms with Gasteiger partial charge < -0.3 is 10.2 Å². The molecule has 0 atom stereocenters. The third-order valence-corrected chi connectivity index (χ3v) is 7.15. The zero-order chi connectivity index (χ0) is 26.3. The molecular weight excluding hydrogens is 492 g/mol. The highest BCUT2D eigenvalue weighted by Gasteiger charge is 2.16. The number of hydrogen-bond donors (Lipinski definition) is 1. The monoisotopic (exact) mass is 522 g/mol. The van der Waals surface area contributed by atoms with E-state index in [1.54, 1.807) is 0 Å². The van der Waals surface area contributed by atoms with Gasteiger partial charge in [0, 0.05) is 59.7 Å². The highest BCUT2D eigenvalue weighted by atomic mass is 35.5. The lowest BCUT2D eigenvalue weighted by Crippen LogP contribution is -2.29. The first kappa shape index (κ1) is 25.7. The Morgan fingerprint density at radius 1 is 0.974 bits per heavy atom. The molecule has 38 heavy (non-hydrogen) atoms. The number of halogens is 1. The Hall–Kier alpha value is -3.96. The second kappa shape index (κ2) is 12.1. The molecule has 1 saturated heterocycles. The van der Waals surface area contributed by atoms with Crippen LogP contribution in [0.25, 0.3) is 11.3 Å². The Labute approximate surface area is 229 Å². The quantitative estimate of drug-likeness (QED) is 0.232. The summed E-state index contributed by atoms with van der Waals surface area (Å²) >= 11 is 6.70. The molecule has 0 spiro atoms. The topological polar surface area (TPSA) is 58.1 Å². The number of benzene rings is 3. The molecular formula is C32H31ClN4O. The van der Waals surface area contributed by atoms with Gasteiger partial charge in [-0.3, -0.25) is 4.79 Å². The molecule has 1 aliphatic heterocycles. The van der Waals surface area contributed by atoms with E-state index < -0.39 is 0 Å². The first-order chi connectivity index (χ1) is 18.6. The summed E-state index contributed by atoms with van der Waals surface area (Å²) in [5.74, 6) is 0.456. The zero-order valence-corrected chi connectivity index (χ0v) is 22.1. The average molecular weight is 523 g/mol. The van der Waals surface area contributed by atoms with Crippen molar-refractivity contribution in [2.75, 3.05) is 23.3 Å². The number of rotatable bonds is 9. The van der Waals surface area contributed by atoms with Crippen molar-refractivity contribution in [3.8, 4) is 11.3 Å². The second-order valence-electron chi connectivity index (χ2n) is 9.61. The third kappa shape index (κ3) is 6.29. The van der Waals surface area contributed by atoms with Gasteiger partial charge in [0.1, 0.15) is 0 Å². The third-order valence-electron chi connectivity index (χ3n) is 6.82. The molecule has 0 saturated carbocycles. The van der Waals surface area contributed by atoms with Gasteiger partial charge in [0.05, 0.1) is 5.69 Å². The SMILES string of the molecule is C=CC(=O)Cc1ccc(Cl)c(-c2nc(Nc3cccc(N4CCCCC4)c3)ncc2Cc2ccccc2)c1. The van der Waals surface area contributed by atoms with E-state index in [0.717, 1.165) is 46.7 Å². The number of nitrogens with one attached hydrogen (secondary N) is 1. The van der Waals surface area contributed by atoms with Crippen molar-refractivity contribution < 1.29 is 4.79 Å². The number of anilines is 3. The lowest BCUT2D eigenvalue weighted by atomic mass is 9.98. The molecule has 5 nitrogen and oxygen atoms in total. The summed E-state index contributed by atoms with van der Waals surface area (Å²) < 4.78 is 0. The van der Waals surface area contributed by atoms with Crippen LogP contribution in [0.4, 0.5) is 17.3 Å². The lowest BCUT2D eigenvalue weighted by molar-refractivity contribution is -0.114. The maximum absolute atomic E-state index is 12.0. The lowest BCUT2D eigenvalue weighted by Gasteiger charge is -2.29. The number of ketones is 1. The van der Waals surface area contributed by atoms with Gasteiger partial charge in [-0.15, -0.1) is 0 Å². The molecule has 1 fully saturated rings. The molecule has 4 aromatic rings. The minimum Gasteiger partial charge on any atom is -0.371 e. The molecule has 1 aliphatic rings. The Kier molecular flexibility index (Phi) is 8.15. The summed E-state index contributed by atoms with van der Waals surface area (Å²) in [6.07, 6.45) is 7.89. The van der Waals surface area contributed by atoms with Crippen LogP contribution >= 0.6 is 11.6 Å². The predicted octanol–water partition coefficient (Wildman–Crippen LogP) is 7.42. The summed E-state index contributed by atoms with van der Waals surface area (Å²) in [6, 6.07) is 24.3. The number of aromatic nitrogens is 2. The molecule has 3 aromatic carbocycles. The molecule has 0 unspecified atom stereocenters. The molecule has 6 heteroatoms. The summed E-state index contributed by atoms with van der Waals surface area (Å²) in [7, 11) is 0. The smallest absolute Gasteiger partial charge is 0.227 e. The molecule has 0 bridgehead atoms. The highest BCUT2D eigenvalue weighted by molar-refractivity contribution is 6.33. The van der Waals surface area contributed by atoms with E-state index in [0.29, 0.717) is 17.4 Å². The molecule has 0 aliphatic carbocycles. The minimum absolute atomic E-state index is 0.0404. The fraction of sp³-hybridized carbons (Fsp3) is 0.219. The van der Waals surface area contributed by atoms with Crippen molar-refractivity contribution in [3.05, 3.63) is 113 Å². The molecule has 2 heterocycles. The van der Waals surface area contributed by atoms with Crippen LogP contribution in [0.1, 0.15) is 36.0 Å². The molecule has 192 valence electrons. The van der Waals surface area contributed by atoms with Crippen LogP contribution in [0.2, 0.25) is 5.02 Å². The van der Waals surface area contributed by atoms with E-state index >= 15 is 0 Å². The van der Waals surface area contributed by atoms with E-state index in [9.17, 15) is 4.79 Å². The van der Waals surface area contributed by atoms with Gasteiger partial charge >= 0.3 is 0 Å². The van der Waals surface area contributed by atoms with E-state index in [4.69, 9.17) is 16.6 Å². The van der Waals surface area contributed by atoms with Crippen molar-refractivity contribution in [1.29, 1.82) is 0 Å². The highest BCUT2D eigenvalue weighted by Crippen LogP contribution is 2.33. The van der Waals surface area contributed by atoms with E-state index in [1.807, 2.05) is 48.7 Å².